The first kappa shape index (κ1) is 17.8. The predicted molar refractivity (Wildman–Crippen MR) is 102 cm³/mol. The van der Waals surface area contributed by atoms with Crippen LogP contribution in [-0.4, -0.2) is 16.9 Å². The second kappa shape index (κ2) is 8.88. The SMILES string of the molecule is O=C(Cc1csc(SCc2ccc(Cl)cc2)n1)NC1CCCCC1. The molecule has 128 valence electrons. The first-order chi connectivity index (χ1) is 11.7. The third-order valence-electron chi connectivity index (χ3n) is 4.12. The number of thiazole rings is 1. The molecule has 0 bridgehead atoms. The molecule has 1 N–H and O–H groups in total. The molecule has 1 aromatic carbocycles. The van der Waals surface area contributed by atoms with E-state index < -0.39 is 0 Å². The molecule has 1 amide bonds. The number of nitrogens with one attached hydrogen (secondary N) is 1. The Labute approximate surface area is 156 Å². The zero-order valence-electron chi connectivity index (χ0n) is 13.5. The molecule has 0 unspecified atom stereocenters. The van der Waals surface area contributed by atoms with Crippen molar-refractivity contribution < 1.29 is 4.79 Å². The van der Waals surface area contributed by atoms with Gasteiger partial charge in [0.15, 0.2) is 0 Å². The van der Waals surface area contributed by atoms with Crippen molar-refractivity contribution in [2.45, 2.75) is 54.7 Å². The Balaban J connectivity index is 1.46. The highest BCUT2D eigenvalue weighted by Crippen LogP contribution is 2.27. The number of rotatable bonds is 6. The summed E-state index contributed by atoms with van der Waals surface area (Å²) in [5.41, 5.74) is 2.09. The van der Waals surface area contributed by atoms with Gasteiger partial charge in [-0.3, -0.25) is 4.79 Å². The largest absolute Gasteiger partial charge is 0.353 e. The normalized spacial score (nSPS) is 15.4. The Morgan fingerprint density at radius 3 is 2.75 bits per heavy atom. The molecule has 1 aromatic heterocycles. The van der Waals surface area contributed by atoms with Gasteiger partial charge in [0.25, 0.3) is 0 Å². The van der Waals surface area contributed by atoms with Crippen molar-refractivity contribution in [1.82, 2.24) is 10.3 Å². The lowest BCUT2D eigenvalue weighted by Crippen LogP contribution is -2.37. The van der Waals surface area contributed by atoms with E-state index in [0.29, 0.717) is 12.5 Å². The summed E-state index contributed by atoms with van der Waals surface area (Å²) >= 11 is 9.20. The predicted octanol–water partition coefficient (Wildman–Crippen LogP) is 5.08. The highest BCUT2D eigenvalue weighted by Gasteiger charge is 2.16. The summed E-state index contributed by atoms with van der Waals surface area (Å²) in [5.74, 6) is 0.958. The molecule has 0 atom stereocenters. The summed E-state index contributed by atoms with van der Waals surface area (Å²) in [5, 5.41) is 5.89. The van der Waals surface area contributed by atoms with Crippen molar-refractivity contribution in [2.75, 3.05) is 0 Å². The van der Waals surface area contributed by atoms with Crippen LogP contribution in [0, 0.1) is 0 Å². The molecule has 0 radical (unpaired) electrons. The van der Waals surface area contributed by atoms with E-state index in [2.05, 4.69) is 10.3 Å². The number of halogens is 1. The standard InChI is InChI=1S/C18H21ClN2OS2/c19-14-8-6-13(7-9-14)11-23-18-21-16(12-24-18)10-17(22)20-15-4-2-1-3-5-15/h6-9,12,15H,1-5,10-11H2,(H,20,22). The molecule has 1 fully saturated rings. The number of benzene rings is 1. The van der Waals surface area contributed by atoms with E-state index in [1.54, 1.807) is 23.1 Å². The number of hydrogen-bond donors (Lipinski definition) is 1. The van der Waals surface area contributed by atoms with Gasteiger partial charge in [-0.15, -0.1) is 11.3 Å². The highest BCUT2D eigenvalue weighted by atomic mass is 35.5. The van der Waals surface area contributed by atoms with Gasteiger partial charge in [-0.05, 0) is 30.5 Å². The summed E-state index contributed by atoms with van der Waals surface area (Å²) in [4.78, 5) is 16.7. The van der Waals surface area contributed by atoms with Gasteiger partial charge < -0.3 is 5.32 Å². The Morgan fingerprint density at radius 1 is 1.25 bits per heavy atom. The van der Waals surface area contributed by atoms with E-state index in [1.807, 2.05) is 29.6 Å². The van der Waals surface area contributed by atoms with Gasteiger partial charge in [0, 0.05) is 22.2 Å². The van der Waals surface area contributed by atoms with Gasteiger partial charge in [-0.2, -0.15) is 0 Å². The number of thioether (sulfide) groups is 1. The van der Waals surface area contributed by atoms with Crippen LogP contribution in [0.4, 0.5) is 0 Å². The quantitative estimate of drug-likeness (QED) is 0.710. The molecule has 0 spiro atoms. The van der Waals surface area contributed by atoms with Crippen LogP contribution < -0.4 is 5.32 Å². The molecular weight excluding hydrogens is 360 g/mol. The Bertz CT molecular complexity index is 666. The third kappa shape index (κ3) is 5.50. The van der Waals surface area contributed by atoms with Crippen molar-refractivity contribution in [3.63, 3.8) is 0 Å². The first-order valence-electron chi connectivity index (χ1n) is 8.30. The second-order valence-electron chi connectivity index (χ2n) is 6.10. The maximum absolute atomic E-state index is 12.1. The molecule has 24 heavy (non-hydrogen) atoms. The fourth-order valence-corrected chi connectivity index (χ4v) is 4.78. The Kier molecular flexibility index (Phi) is 6.58. The smallest absolute Gasteiger partial charge is 0.226 e. The van der Waals surface area contributed by atoms with E-state index in [-0.39, 0.29) is 5.91 Å². The fraction of sp³-hybridized carbons (Fsp3) is 0.444. The maximum atomic E-state index is 12.1. The van der Waals surface area contributed by atoms with Gasteiger partial charge in [0.05, 0.1) is 12.1 Å². The summed E-state index contributed by atoms with van der Waals surface area (Å²) in [6.07, 6.45) is 6.37. The average Bonchev–Trinajstić information content (AvgIpc) is 3.02. The minimum absolute atomic E-state index is 0.0986. The molecule has 1 aliphatic carbocycles. The van der Waals surface area contributed by atoms with E-state index in [1.165, 1.54) is 24.8 Å². The van der Waals surface area contributed by atoms with E-state index in [0.717, 1.165) is 33.7 Å². The Hall–Kier alpha value is -1.04. The average molecular weight is 381 g/mol. The number of aromatic nitrogens is 1. The molecule has 1 saturated carbocycles. The molecule has 3 nitrogen and oxygen atoms in total. The van der Waals surface area contributed by atoms with Crippen LogP contribution in [0.15, 0.2) is 34.0 Å². The number of carbonyl (C=O) groups is 1. The van der Waals surface area contributed by atoms with Crippen molar-refractivity contribution >= 4 is 40.6 Å². The first-order valence-corrected chi connectivity index (χ1v) is 10.5. The molecule has 2 aromatic rings. The molecule has 0 aliphatic heterocycles. The fourth-order valence-electron chi connectivity index (χ4n) is 2.85. The van der Waals surface area contributed by atoms with Crippen molar-refractivity contribution in [2.24, 2.45) is 0 Å². The maximum Gasteiger partial charge on any atom is 0.226 e. The van der Waals surface area contributed by atoms with Crippen molar-refractivity contribution in [1.29, 1.82) is 0 Å². The van der Waals surface area contributed by atoms with Crippen LogP contribution in [0.25, 0.3) is 0 Å². The Morgan fingerprint density at radius 2 is 2.00 bits per heavy atom. The third-order valence-corrected chi connectivity index (χ3v) is 6.51. The molecular formula is C18H21ClN2OS2. The number of amides is 1. The van der Waals surface area contributed by atoms with E-state index in [9.17, 15) is 4.79 Å². The number of nitrogens with zero attached hydrogens (tertiary/aromatic N) is 1. The molecule has 3 rings (SSSR count). The molecule has 1 heterocycles. The van der Waals surface area contributed by atoms with Crippen LogP contribution in [0.3, 0.4) is 0 Å². The topological polar surface area (TPSA) is 42.0 Å². The van der Waals surface area contributed by atoms with E-state index in [4.69, 9.17) is 11.6 Å². The van der Waals surface area contributed by atoms with Gasteiger partial charge in [-0.25, -0.2) is 4.98 Å². The van der Waals surface area contributed by atoms with Gasteiger partial charge in [0.2, 0.25) is 5.91 Å². The van der Waals surface area contributed by atoms with Crippen LogP contribution in [0.2, 0.25) is 5.02 Å². The van der Waals surface area contributed by atoms with E-state index >= 15 is 0 Å². The van der Waals surface area contributed by atoms with Crippen LogP contribution in [0.1, 0.15) is 43.4 Å². The summed E-state index contributed by atoms with van der Waals surface area (Å²) in [7, 11) is 0. The summed E-state index contributed by atoms with van der Waals surface area (Å²) in [6, 6.07) is 8.23. The monoisotopic (exact) mass is 380 g/mol. The molecule has 6 heteroatoms. The lowest BCUT2D eigenvalue weighted by molar-refractivity contribution is -0.121. The summed E-state index contributed by atoms with van der Waals surface area (Å²) in [6.45, 7) is 0. The van der Waals surface area contributed by atoms with Gasteiger partial charge in [0.1, 0.15) is 4.34 Å². The van der Waals surface area contributed by atoms with Crippen LogP contribution in [-0.2, 0) is 17.0 Å². The molecule has 0 saturated heterocycles. The molecule has 1 aliphatic rings. The zero-order valence-corrected chi connectivity index (χ0v) is 15.9. The second-order valence-corrected chi connectivity index (χ2v) is 8.62. The minimum Gasteiger partial charge on any atom is -0.353 e. The van der Waals surface area contributed by atoms with Crippen molar-refractivity contribution in [3.8, 4) is 0 Å². The summed E-state index contributed by atoms with van der Waals surface area (Å²) < 4.78 is 1.01. The van der Waals surface area contributed by atoms with Crippen LogP contribution in [0.5, 0.6) is 0 Å². The lowest BCUT2D eigenvalue weighted by atomic mass is 9.95. The lowest BCUT2D eigenvalue weighted by Gasteiger charge is -2.22. The van der Waals surface area contributed by atoms with Crippen molar-refractivity contribution in [3.05, 3.63) is 45.9 Å². The zero-order chi connectivity index (χ0) is 16.8. The number of hydrogen-bond acceptors (Lipinski definition) is 4. The van der Waals surface area contributed by atoms with Gasteiger partial charge in [-0.1, -0.05) is 54.8 Å². The number of carbonyl (C=O) groups excluding carboxylic acids is 1. The van der Waals surface area contributed by atoms with Crippen LogP contribution >= 0.6 is 34.7 Å². The highest BCUT2D eigenvalue weighted by molar-refractivity contribution is 8.00. The van der Waals surface area contributed by atoms with Gasteiger partial charge >= 0.3 is 0 Å². The minimum atomic E-state index is 0.0986.